The third kappa shape index (κ3) is 3.63. The largest absolute Gasteiger partial charge is 0.326 e. The van der Waals surface area contributed by atoms with Gasteiger partial charge in [-0.2, -0.15) is 5.10 Å². The Kier molecular flexibility index (Phi) is 5.00. The molecule has 5 nitrogen and oxygen atoms in total. The molecule has 1 saturated heterocycles. The fraction of sp³-hybridized carbons (Fsp3) is 0.333. The molecule has 6 heteroatoms. The molecule has 1 saturated carbocycles. The predicted molar refractivity (Wildman–Crippen MR) is 140 cm³/mol. The minimum Gasteiger partial charge on any atom is -0.326 e. The summed E-state index contributed by atoms with van der Waals surface area (Å²) in [6, 6.07) is 14.9. The van der Waals surface area contributed by atoms with E-state index < -0.39 is 6.17 Å². The molecule has 2 fully saturated rings. The van der Waals surface area contributed by atoms with Crippen molar-refractivity contribution in [3.8, 4) is 0 Å². The van der Waals surface area contributed by atoms with E-state index in [0.717, 1.165) is 53.8 Å². The molecule has 2 aliphatic heterocycles. The van der Waals surface area contributed by atoms with Gasteiger partial charge in [0.2, 0.25) is 5.91 Å². The number of likely N-dealkylation sites (tertiary alicyclic amines) is 1. The first kappa shape index (κ1) is 21.7. The van der Waals surface area contributed by atoms with Gasteiger partial charge in [-0.3, -0.25) is 14.8 Å². The molecular weight excluding hydrogens is 451 g/mol. The zero-order valence-corrected chi connectivity index (χ0v) is 20.1. The van der Waals surface area contributed by atoms with Crippen LogP contribution in [0.4, 0.5) is 4.39 Å². The van der Waals surface area contributed by atoms with E-state index in [1.165, 1.54) is 11.1 Å². The van der Waals surface area contributed by atoms with Crippen molar-refractivity contribution >= 4 is 29.0 Å². The van der Waals surface area contributed by atoms with E-state index in [4.69, 9.17) is 0 Å². The van der Waals surface area contributed by atoms with Crippen LogP contribution >= 0.6 is 0 Å². The van der Waals surface area contributed by atoms with E-state index >= 15 is 0 Å². The Morgan fingerprint density at radius 3 is 2.89 bits per heavy atom. The van der Waals surface area contributed by atoms with Crippen LogP contribution in [-0.2, 0) is 11.3 Å². The first-order chi connectivity index (χ1) is 17.6. The molecule has 1 amide bonds. The van der Waals surface area contributed by atoms with Crippen LogP contribution in [0.3, 0.4) is 0 Å². The van der Waals surface area contributed by atoms with Gasteiger partial charge in [-0.05, 0) is 60.1 Å². The number of benzene rings is 2. The normalized spacial score (nSPS) is 29.3. The van der Waals surface area contributed by atoms with Crippen molar-refractivity contribution in [2.24, 2.45) is 11.3 Å². The number of aromatic amines is 1. The molecule has 7 rings (SSSR count). The number of nitrogens with one attached hydrogen (secondary N) is 2. The Hall–Kier alpha value is -3.51. The number of fused-ring (bicyclic) bond motifs is 3. The molecule has 3 heterocycles. The third-order valence-electron chi connectivity index (χ3n) is 8.47. The topological polar surface area (TPSA) is 61.0 Å². The van der Waals surface area contributed by atoms with E-state index in [-0.39, 0.29) is 23.2 Å². The molecule has 2 bridgehead atoms. The van der Waals surface area contributed by atoms with Crippen molar-refractivity contribution < 1.29 is 9.18 Å². The number of halogens is 1. The molecule has 182 valence electrons. The number of hydrogen-bond donors (Lipinski definition) is 2. The average Bonchev–Trinajstić information content (AvgIpc) is 3.32. The number of carbonyl (C=O) groups excluding carboxylic acids is 1. The van der Waals surface area contributed by atoms with Crippen LogP contribution in [0.25, 0.3) is 23.1 Å². The van der Waals surface area contributed by atoms with Crippen LogP contribution in [0.1, 0.15) is 47.6 Å². The van der Waals surface area contributed by atoms with Gasteiger partial charge in [0.25, 0.3) is 0 Å². The van der Waals surface area contributed by atoms with Crippen LogP contribution in [0, 0.1) is 11.3 Å². The fourth-order valence-corrected chi connectivity index (χ4v) is 6.39. The maximum Gasteiger partial charge on any atom is 0.231 e. The van der Waals surface area contributed by atoms with E-state index in [1.807, 2.05) is 12.2 Å². The Bertz CT molecular complexity index is 1430. The summed E-state index contributed by atoms with van der Waals surface area (Å²) in [5.74, 6) is 0.702. The Balaban J connectivity index is 1.06. The lowest BCUT2D eigenvalue weighted by atomic mass is 9.77. The minimum absolute atomic E-state index is 0.172. The standard InChI is InChI=1S/C30H29FN4O/c31-23-12-13-35(18-23)17-20-6-4-19(5-7-20)8-11-27-25-10-9-21(14-28(25)34-33-27)26-16-30(26)22-2-1-3-24(15-22)32-29(30)36/h1,3-11,14-15,22-23,26H,2,12-13,16-18H2,(H,32,36)(H,33,34)/b11-8+/t22?,23-,26+,30+/m1/s1. The smallest absolute Gasteiger partial charge is 0.231 e. The highest BCUT2D eigenvalue weighted by atomic mass is 19.1. The molecule has 3 aromatic rings. The summed E-state index contributed by atoms with van der Waals surface area (Å²) in [6.07, 6.45) is 12.3. The van der Waals surface area contributed by atoms with Crippen molar-refractivity contribution in [2.45, 2.75) is 37.9 Å². The molecule has 2 aliphatic carbocycles. The van der Waals surface area contributed by atoms with Crippen LogP contribution in [0.15, 0.2) is 66.4 Å². The highest BCUT2D eigenvalue weighted by Gasteiger charge is 2.65. The first-order valence-electron chi connectivity index (χ1n) is 12.9. The Morgan fingerprint density at radius 2 is 2.06 bits per heavy atom. The van der Waals surface area contributed by atoms with Crippen LogP contribution in [-0.4, -0.2) is 40.3 Å². The summed E-state index contributed by atoms with van der Waals surface area (Å²) < 4.78 is 13.4. The molecule has 2 aromatic carbocycles. The van der Waals surface area contributed by atoms with Gasteiger partial charge < -0.3 is 5.32 Å². The van der Waals surface area contributed by atoms with Gasteiger partial charge in [0.1, 0.15) is 6.17 Å². The highest BCUT2D eigenvalue weighted by Crippen LogP contribution is 2.66. The van der Waals surface area contributed by atoms with E-state index in [1.54, 1.807) is 0 Å². The van der Waals surface area contributed by atoms with Crippen LogP contribution in [0.5, 0.6) is 0 Å². The third-order valence-corrected chi connectivity index (χ3v) is 8.47. The summed E-state index contributed by atoms with van der Waals surface area (Å²) in [5, 5.41) is 11.9. The first-order valence-corrected chi connectivity index (χ1v) is 12.9. The lowest BCUT2D eigenvalue weighted by molar-refractivity contribution is -0.127. The lowest BCUT2D eigenvalue weighted by Crippen LogP contribution is -2.42. The SMILES string of the molecule is O=C1NC2=CC(CC=C2)[C@]12C[C@H]2c1ccc2c(/C=C/c3ccc(CN4CC[C@@H](F)C4)cc3)n[nH]c2c1. The van der Waals surface area contributed by atoms with Gasteiger partial charge in [-0.25, -0.2) is 4.39 Å². The summed E-state index contributed by atoms with van der Waals surface area (Å²) in [7, 11) is 0. The number of amides is 1. The summed E-state index contributed by atoms with van der Waals surface area (Å²) in [4.78, 5) is 15.1. The zero-order chi connectivity index (χ0) is 24.3. The summed E-state index contributed by atoms with van der Waals surface area (Å²) in [5.41, 5.74) is 6.06. The molecule has 1 aromatic heterocycles. The number of hydrogen-bond acceptors (Lipinski definition) is 3. The molecule has 2 N–H and O–H groups in total. The minimum atomic E-state index is -0.682. The van der Waals surface area contributed by atoms with Crippen molar-refractivity contribution in [2.75, 3.05) is 13.1 Å². The van der Waals surface area contributed by atoms with E-state index in [0.29, 0.717) is 13.0 Å². The molecule has 1 spiro atoms. The van der Waals surface area contributed by atoms with Crippen LogP contribution in [0.2, 0.25) is 0 Å². The van der Waals surface area contributed by atoms with Crippen LogP contribution < -0.4 is 5.32 Å². The Labute approximate surface area is 209 Å². The van der Waals surface area contributed by atoms with Crippen molar-refractivity contribution in [1.82, 2.24) is 20.4 Å². The molecule has 36 heavy (non-hydrogen) atoms. The second-order valence-corrected chi connectivity index (χ2v) is 10.7. The molecule has 4 aliphatic rings. The number of alkyl halides is 1. The van der Waals surface area contributed by atoms with E-state index in [9.17, 15) is 9.18 Å². The van der Waals surface area contributed by atoms with Gasteiger partial charge in [0.05, 0.1) is 16.6 Å². The van der Waals surface area contributed by atoms with Gasteiger partial charge in [-0.15, -0.1) is 0 Å². The van der Waals surface area contributed by atoms with Gasteiger partial charge in [0, 0.05) is 36.6 Å². The zero-order valence-electron chi connectivity index (χ0n) is 20.1. The second-order valence-electron chi connectivity index (χ2n) is 10.7. The van der Waals surface area contributed by atoms with Gasteiger partial charge in [0.15, 0.2) is 0 Å². The molecule has 4 atom stereocenters. The molecular formula is C30H29FN4O. The van der Waals surface area contributed by atoms with Crippen molar-refractivity contribution in [3.05, 3.63) is 88.8 Å². The average molecular weight is 481 g/mol. The number of carbonyl (C=O) groups is 1. The van der Waals surface area contributed by atoms with Crippen molar-refractivity contribution in [3.63, 3.8) is 0 Å². The number of allylic oxidation sites excluding steroid dienone is 3. The summed E-state index contributed by atoms with van der Waals surface area (Å²) in [6.45, 7) is 2.18. The fourth-order valence-electron chi connectivity index (χ4n) is 6.39. The number of nitrogens with zero attached hydrogens (tertiary/aromatic N) is 2. The maximum absolute atomic E-state index is 13.4. The predicted octanol–water partition coefficient (Wildman–Crippen LogP) is 5.34. The second kappa shape index (κ2) is 8.27. The van der Waals surface area contributed by atoms with E-state index in [2.05, 4.69) is 81.1 Å². The summed E-state index contributed by atoms with van der Waals surface area (Å²) >= 11 is 0. The quantitative estimate of drug-likeness (QED) is 0.518. The number of H-pyrrole nitrogens is 1. The van der Waals surface area contributed by atoms with Gasteiger partial charge >= 0.3 is 0 Å². The maximum atomic E-state index is 13.4. The Morgan fingerprint density at radius 1 is 1.17 bits per heavy atom. The molecule has 0 radical (unpaired) electrons. The van der Waals surface area contributed by atoms with Crippen molar-refractivity contribution in [1.29, 1.82) is 0 Å². The van der Waals surface area contributed by atoms with Gasteiger partial charge in [-0.1, -0.05) is 54.6 Å². The number of rotatable bonds is 5. The number of aromatic nitrogens is 2. The molecule has 1 unspecified atom stereocenters. The highest BCUT2D eigenvalue weighted by molar-refractivity contribution is 5.93. The lowest BCUT2D eigenvalue weighted by Gasteiger charge is -2.32. The monoisotopic (exact) mass is 480 g/mol.